The van der Waals surface area contributed by atoms with Gasteiger partial charge in [0.2, 0.25) is 0 Å². The van der Waals surface area contributed by atoms with Crippen molar-refractivity contribution in [2.24, 2.45) is 0 Å². The van der Waals surface area contributed by atoms with Crippen LogP contribution in [-0.4, -0.2) is 95.8 Å². The maximum absolute atomic E-state index is 13.0. The zero-order valence-corrected chi connectivity index (χ0v) is 44.8. The van der Waals surface area contributed by atoms with E-state index in [0.29, 0.717) is 36.1 Å². The number of imidazole rings is 2. The summed E-state index contributed by atoms with van der Waals surface area (Å²) >= 11 is 0. The molecule has 2 unspecified atom stereocenters. The molecular weight excluding hydrogens is 989 g/mol. The van der Waals surface area contributed by atoms with Crippen LogP contribution in [0, 0.1) is 0 Å². The van der Waals surface area contributed by atoms with E-state index < -0.39 is 23.4 Å². The predicted octanol–water partition coefficient (Wildman–Crippen LogP) is 12.1. The molecule has 2 fully saturated rings. The van der Waals surface area contributed by atoms with Crippen molar-refractivity contribution in [3.63, 3.8) is 0 Å². The normalized spacial score (nSPS) is 16.2. The average molecular weight is 1050 g/mol. The monoisotopic (exact) mass is 1050 g/mol. The van der Waals surface area contributed by atoms with Crippen LogP contribution in [-0.2, 0) is 38.6 Å². The minimum atomic E-state index is -0.679. The maximum Gasteiger partial charge on any atom is 0.419 e. The molecular formula is C60H64N10O8. The average Bonchev–Trinajstić information content (AvgIpc) is 4.31. The second kappa shape index (κ2) is 21.3. The number of aliphatic hydroxyl groups excluding tert-OH is 1. The van der Waals surface area contributed by atoms with E-state index in [9.17, 15) is 19.5 Å². The van der Waals surface area contributed by atoms with Crippen molar-refractivity contribution in [3.05, 3.63) is 145 Å². The summed E-state index contributed by atoms with van der Waals surface area (Å²) in [5.41, 5.74) is 8.56. The maximum atomic E-state index is 13.0. The fourth-order valence-electron chi connectivity index (χ4n) is 10.5. The van der Waals surface area contributed by atoms with E-state index in [4.69, 9.17) is 23.9 Å². The topological polar surface area (TPSA) is 189 Å². The lowest BCUT2D eigenvalue weighted by Crippen LogP contribution is -2.28. The zero-order valence-electron chi connectivity index (χ0n) is 44.8. The molecule has 2 atom stereocenters. The minimum Gasteiger partial charge on any atom is -0.443 e. The number of aldehydes is 1. The van der Waals surface area contributed by atoms with Crippen LogP contribution in [0.5, 0.6) is 0 Å². The Morgan fingerprint density at radius 2 is 1.12 bits per heavy atom. The van der Waals surface area contributed by atoms with Crippen LogP contribution in [0.3, 0.4) is 0 Å². The molecule has 2 aliphatic rings. The first-order valence-electron chi connectivity index (χ1n) is 26.6. The Morgan fingerprint density at radius 3 is 1.58 bits per heavy atom. The number of ether oxygens (including phenoxy) is 4. The van der Waals surface area contributed by atoms with Gasteiger partial charge in [-0.3, -0.25) is 4.79 Å². The van der Waals surface area contributed by atoms with E-state index >= 15 is 0 Å². The summed E-state index contributed by atoms with van der Waals surface area (Å²) in [5, 5.41) is 22.9. The van der Waals surface area contributed by atoms with Crippen LogP contribution in [0.2, 0.25) is 0 Å². The van der Waals surface area contributed by atoms with Crippen LogP contribution < -0.4 is 0 Å². The Morgan fingerprint density at radius 1 is 0.628 bits per heavy atom. The Balaban J connectivity index is 0.000000165. The van der Waals surface area contributed by atoms with E-state index in [0.717, 1.165) is 118 Å². The van der Waals surface area contributed by atoms with Crippen molar-refractivity contribution in [2.45, 2.75) is 123 Å². The van der Waals surface area contributed by atoms with Crippen LogP contribution in [0.15, 0.2) is 122 Å². The van der Waals surface area contributed by atoms with Gasteiger partial charge in [-0.25, -0.2) is 38.1 Å². The highest BCUT2D eigenvalue weighted by Crippen LogP contribution is 2.34. The number of aliphatic hydroxyl groups is 1. The van der Waals surface area contributed by atoms with E-state index in [2.05, 4.69) is 39.4 Å². The van der Waals surface area contributed by atoms with E-state index in [1.165, 1.54) is 9.13 Å². The van der Waals surface area contributed by atoms with E-state index in [1.54, 1.807) is 33.2 Å². The fraction of sp³-hybridized carbons (Fsp3) is 0.350. The van der Waals surface area contributed by atoms with Crippen LogP contribution in [0.1, 0.15) is 120 Å². The Kier molecular flexibility index (Phi) is 14.2. The molecule has 18 nitrogen and oxygen atoms in total. The first-order valence-corrected chi connectivity index (χ1v) is 26.6. The Bertz CT molecular complexity index is 3830. The molecule has 4 aromatic carbocycles. The Hall–Kier alpha value is -8.19. The highest BCUT2D eigenvalue weighted by Gasteiger charge is 2.26. The molecule has 0 bridgehead atoms. The minimum absolute atomic E-state index is 0.0232. The zero-order chi connectivity index (χ0) is 54.3. The number of fused-ring (bicyclic) bond motifs is 4. The predicted molar refractivity (Wildman–Crippen MR) is 296 cm³/mol. The molecule has 402 valence electrons. The molecule has 12 rings (SSSR count). The van der Waals surface area contributed by atoms with Gasteiger partial charge in [0, 0.05) is 71.4 Å². The molecule has 2 aliphatic heterocycles. The SMILES string of the molecule is CC(C)(C)OC(=O)n1c(C=O)cc2ccc(Cn3cnc(-c4cccc5c4cnn5C4CCCCO4)c3)cc21.CC(C)(C)OC(=O)n1c(CO)cc2ccc(Cn3cnc(-c4cccc5c4cnn5C4CCCCO4)c3)cc21. The molecule has 0 amide bonds. The molecule has 0 radical (unpaired) electrons. The van der Waals surface area contributed by atoms with Crippen LogP contribution >= 0.6 is 0 Å². The van der Waals surface area contributed by atoms with Gasteiger partial charge in [-0.05, 0) is 128 Å². The van der Waals surface area contributed by atoms with Crippen molar-refractivity contribution in [1.82, 2.24) is 47.8 Å². The summed E-state index contributed by atoms with van der Waals surface area (Å²) in [5.74, 6) is 0. The van der Waals surface area contributed by atoms with Gasteiger partial charge in [-0.15, -0.1) is 0 Å². The smallest absolute Gasteiger partial charge is 0.419 e. The molecule has 0 spiro atoms. The van der Waals surface area contributed by atoms with Crippen LogP contribution in [0.25, 0.3) is 66.1 Å². The number of hydrogen-bond acceptors (Lipinski definition) is 12. The van der Waals surface area contributed by atoms with Gasteiger partial charge in [-0.2, -0.15) is 10.2 Å². The fourth-order valence-corrected chi connectivity index (χ4v) is 10.5. The van der Waals surface area contributed by atoms with Crippen molar-refractivity contribution in [2.75, 3.05) is 13.2 Å². The largest absolute Gasteiger partial charge is 0.443 e. The quantitative estimate of drug-likeness (QED) is 0.128. The summed E-state index contributed by atoms with van der Waals surface area (Å²) in [6.07, 6.45) is 17.4. The number of rotatable bonds is 10. The number of nitrogens with zero attached hydrogens (tertiary/aromatic N) is 10. The van der Waals surface area contributed by atoms with Crippen molar-refractivity contribution < 1.29 is 38.4 Å². The molecule has 78 heavy (non-hydrogen) atoms. The molecule has 6 aromatic heterocycles. The first-order chi connectivity index (χ1) is 37.6. The Labute approximate surface area is 450 Å². The molecule has 8 heterocycles. The second-order valence-electron chi connectivity index (χ2n) is 22.1. The molecule has 2 saturated heterocycles. The molecule has 10 aromatic rings. The third-order valence-corrected chi connectivity index (χ3v) is 14.0. The third-order valence-electron chi connectivity index (χ3n) is 14.0. The summed E-state index contributed by atoms with van der Waals surface area (Å²) in [6.45, 7) is 13.3. The number of hydrogen-bond donors (Lipinski definition) is 1. The lowest BCUT2D eigenvalue weighted by molar-refractivity contribution is -0.0367. The van der Waals surface area contributed by atoms with Gasteiger partial charge >= 0.3 is 12.2 Å². The molecule has 18 heteroatoms. The van der Waals surface area contributed by atoms with Gasteiger partial charge in [0.15, 0.2) is 18.7 Å². The standard InChI is InChI=1S/C30H33N5O4.C30H31N5O4/c2*1-30(2,3)39-29(37)34-22(18-36)14-21-11-10-20(13-27(21)34)16-33-17-25(31-19-33)23-7-6-8-26-24(23)15-32-35(26)28-9-4-5-12-38-28/h6-8,10-11,13-15,17,19,28,36H,4-5,9,12,16,18H2,1-3H3;6-8,10-11,13-15,17-19,28H,4-5,9,12,16H2,1-3H3. The number of carbonyl (C=O) groups is 3. The summed E-state index contributed by atoms with van der Waals surface area (Å²) in [6, 6.07) is 27.6. The lowest BCUT2D eigenvalue weighted by Gasteiger charge is -2.23. The highest BCUT2D eigenvalue weighted by molar-refractivity contribution is 5.98. The van der Waals surface area contributed by atoms with Crippen LogP contribution in [0.4, 0.5) is 9.59 Å². The summed E-state index contributed by atoms with van der Waals surface area (Å²) in [4.78, 5) is 47.0. The first kappa shape index (κ1) is 51.9. The highest BCUT2D eigenvalue weighted by atomic mass is 16.6. The number of aromatic nitrogens is 10. The summed E-state index contributed by atoms with van der Waals surface area (Å²) < 4.78 is 33.9. The summed E-state index contributed by atoms with van der Waals surface area (Å²) in [7, 11) is 0. The van der Waals surface area contributed by atoms with Gasteiger partial charge < -0.3 is 33.2 Å². The van der Waals surface area contributed by atoms with Crippen molar-refractivity contribution >= 4 is 62.1 Å². The molecule has 1 N–H and O–H groups in total. The molecule has 0 aliphatic carbocycles. The van der Waals surface area contributed by atoms with E-state index in [-0.39, 0.29) is 24.8 Å². The van der Waals surface area contributed by atoms with Gasteiger partial charge in [0.25, 0.3) is 0 Å². The molecule has 0 saturated carbocycles. The van der Waals surface area contributed by atoms with Gasteiger partial charge in [0.1, 0.15) is 11.2 Å². The van der Waals surface area contributed by atoms with Crippen molar-refractivity contribution in [1.29, 1.82) is 0 Å². The van der Waals surface area contributed by atoms with Gasteiger partial charge in [0.05, 0.1) is 76.5 Å². The van der Waals surface area contributed by atoms with Gasteiger partial charge in [-0.1, -0.05) is 48.5 Å². The lowest BCUT2D eigenvalue weighted by atomic mass is 10.1. The number of benzene rings is 4. The third kappa shape index (κ3) is 10.7. The second-order valence-corrected chi connectivity index (χ2v) is 22.1. The number of carbonyl (C=O) groups excluding carboxylic acids is 3. The van der Waals surface area contributed by atoms with Crippen molar-refractivity contribution in [3.8, 4) is 22.5 Å². The van der Waals surface area contributed by atoms with E-state index in [1.807, 2.05) is 125 Å².